The fraction of sp³-hybridized carbons (Fsp3) is 0.462. The van der Waals surface area contributed by atoms with E-state index < -0.39 is 10.8 Å². The third-order valence-corrected chi connectivity index (χ3v) is 5.03. The lowest BCUT2D eigenvalue weighted by molar-refractivity contribution is 0.212. The molecule has 0 aliphatic heterocycles. The zero-order valence-electron chi connectivity index (χ0n) is 12.0. The van der Waals surface area contributed by atoms with Crippen molar-refractivity contribution < 1.29 is 9.00 Å². The van der Waals surface area contributed by atoms with Crippen LogP contribution in [-0.2, 0) is 10.8 Å². The first-order chi connectivity index (χ1) is 9.35. The maximum absolute atomic E-state index is 12.1. The van der Waals surface area contributed by atoms with Crippen LogP contribution in [0.25, 0.3) is 0 Å². The number of carbonyl (C=O) groups excluding carboxylic acids is 1. The van der Waals surface area contributed by atoms with Crippen LogP contribution in [0, 0.1) is 0 Å². The summed E-state index contributed by atoms with van der Waals surface area (Å²) >= 11 is 7.65. The first kappa shape index (κ1) is 17.3. The van der Waals surface area contributed by atoms with E-state index in [9.17, 15) is 9.00 Å². The zero-order chi connectivity index (χ0) is 15.3. The summed E-state index contributed by atoms with van der Waals surface area (Å²) in [4.78, 5) is 14.6. The second-order valence-electron chi connectivity index (χ2n) is 4.48. The molecule has 0 radical (unpaired) electrons. The largest absolute Gasteiger partial charge is 0.324 e. The highest BCUT2D eigenvalue weighted by atomic mass is 35.5. The summed E-state index contributed by atoms with van der Waals surface area (Å²) in [5.41, 5.74) is 0.648. The molecule has 0 aromatic heterocycles. The number of benzene rings is 1. The van der Waals surface area contributed by atoms with Crippen LogP contribution in [0.2, 0.25) is 5.02 Å². The molecule has 0 bridgehead atoms. The second kappa shape index (κ2) is 7.90. The van der Waals surface area contributed by atoms with Gasteiger partial charge in [-0.1, -0.05) is 11.6 Å². The molecule has 112 valence electrons. The van der Waals surface area contributed by atoms with Crippen LogP contribution < -0.4 is 5.32 Å². The van der Waals surface area contributed by atoms with Gasteiger partial charge in [0.1, 0.15) is 0 Å². The molecule has 7 heteroatoms. The van der Waals surface area contributed by atoms with Crippen LogP contribution in [0.15, 0.2) is 23.1 Å². The van der Waals surface area contributed by atoms with E-state index in [0.29, 0.717) is 16.5 Å². The van der Waals surface area contributed by atoms with Crippen LogP contribution >= 0.6 is 23.4 Å². The van der Waals surface area contributed by atoms with Crippen molar-refractivity contribution in [3.8, 4) is 0 Å². The monoisotopic (exact) mass is 334 g/mol. The number of hydrogen-bond acceptors (Lipinski definition) is 3. The van der Waals surface area contributed by atoms with Crippen molar-refractivity contribution in [3.63, 3.8) is 0 Å². The first-order valence-corrected chi connectivity index (χ1v) is 9.35. The lowest BCUT2D eigenvalue weighted by Gasteiger charge is -2.24. The molecule has 1 N–H and O–H groups in total. The Labute approximate surface area is 131 Å². The van der Waals surface area contributed by atoms with Gasteiger partial charge in [0, 0.05) is 46.5 Å². The average molecular weight is 335 g/mol. The quantitative estimate of drug-likeness (QED) is 0.840. The predicted octanol–water partition coefficient (Wildman–Crippen LogP) is 3.29. The second-order valence-corrected chi connectivity index (χ2v) is 7.21. The first-order valence-electron chi connectivity index (χ1n) is 6.02. The average Bonchev–Trinajstić information content (AvgIpc) is 2.37. The van der Waals surface area contributed by atoms with Crippen molar-refractivity contribution in [3.05, 3.63) is 23.2 Å². The van der Waals surface area contributed by atoms with E-state index in [1.807, 2.05) is 25.3 Å². The van der Waals surface area contributed by atoms with Gasteiger partial charge >= 0.3 is 6.03 Å². The maximum atomic E-state index is 12.1. The van der Waals surface area contributed by atoms with E-state index in [4.69, 9.17) is 11.6 Å². The van der Waals surface area contributed by atoms with Crippen LogP contribution in [-0.4, -0.2) is 46.5 Å². The van der Waals surface area contributed by atoms with Gasteiger partial charge in [-0.25, -0.2) is 4.79 Å². The normalized spacial score (nSPS) is 13.7. The number of nitrogens with one attached hydrogen (secondary N) is 1. The minimum Gasteiger partial charge on any atom is -0.324 e. The summed E-state index contributed by atoms with van der Waals surface area (Å²) in [6.45, 7) is 1.87. The number of carbonyl (C=O) groups is 1. The smallest absolute Gasteiger partial charge is 0.321 e. The van der Waals surface area contributed by atoms with Crippen LogP contribution in [0.1, 0.15) is 6.92 Å². The molecule has 0 heterocycles. The van der Waals surface area contributed by atoms with E-state index >= 15 is 0 Å². The molecule has 1 aromatic carbocycles. The Balaban J connectivity index is 2.70. The standard InChI is InChI=1S/C13H19ClN2O2S2/c1-9(8-20(4)18)16(2)13(17)15-10-5-6-12(19-3)11(14)7-10/h5-7,9H,8H2,1-4H3,(H,15,17)/t9-,20+/m0/s1. The third-order valence-electron chi connectivity index (χ3n) is 2.86. The van der Waals surface area contributed by atoms with E-state index in [0.717, 1.165) is 4.90 Å². The van der Waals surface area contributed by atoms with Crippen LogP contribution in [0.4, 0.5) is 10.5 Å². The van der Waals surface area contributed by atoms with Crippen molar-refractivity contribution in [1.29, 1.82) is 0 Å². The Morgan fingerprint density at radius 1 is 1.55 bits per heavy atom. The molecule has 0 saturated carbocycles. The zero-order valence-corrected chi connectivity index (χ0v) is 14.4. The lowest BCUT2D eigenvalue weighted by Crippen LogP contribution is -2.40. The van der Waals surface area contributed by atoms with Gasteiger partial charge in [0.15, 0.2) is 0 Å². The minimum atomic E-state index is -0.933. The molecular formula is C13H19ClN2O2S2. The van der Waals surface area contributed by atoms with Crippen LogP contribution in [0.5, 0.6) is 0 Å². The fourth-order valence-electron chi connectivity index (χ4n) is 1.61. The minimum absolute atomic E-state index is 0.0956. The highest BCUT2D eigenvalue weighted by Gasteiger charge is 2.17. The fourth-order valence-corrected chi connectivity index (χ4v) is 3.38. The molecule has 4 nitrogen and oxygen atoms in total. The predicted molar refractivity (Wildman–Crippen MR) is 88.4 cm³/mol. The summed E-state index contributed by atoms with van der Waals surface area (Å²) < 4.78 is 11.2. The van der Waals surface area contributed by atoms with Gasteiger partial charge in [-0.2, -0.15) is 0 Å². The third kappa shape index (κ3) is 5.00. The van der Waals surface area contributed by atoms with Gasteiger partial charge in [0.2, 0.25) is 0 Å². The van der Waals surface area contributed by atoms with Gasteiger partial charge in [-0.15, -0.1) is 11.8 Å². The lowest BCUT2D eigenvalue weighted by atomic mass is 10.3. The van der Waals surface area contributed by atoms with Crippen molar-refractivity contribution in [2.24, 2.45) is 0 Å². The Morgan fingerprint density at radius 2 is 2.20 bits per heavy atom. The number of urea groups is 1. The number of rotatable bonds is 5. The van der Waals surface area contributed by atoms with Crippen molar-refractivity contribution in [1.82, 2.24) is 4.90 Å². The Hall–Kier alpha value is -0.720. The highest BCUT2D eigenvalue weighted by molar-refractivity contribution is 7.98. The summed E-state index contributed by atoms with van der Waals surface area (Å²) in [7, 11) is 0.752. The van der Waals surface area contributed by atoms with E-state index in [1.165, 1.54) is 4.90 Å². The number of thioether (sulfide) groups is 1. The molecule has 0 fully saturated rings. The summed E-state index contributed by atoms with van der Waals surface area (Å²) in [6.07, 6.45) is 3.57. The maximum Gasteiger partial charge on any atom is 0.321 e. The topological polar surface area (TPSA) is 49.4 Å². The SMILES string of the molecule is CSc1ccc(NC(=O)N(C)[C@@H](C)C[S@@](C)=O)cc1Cl. The molecule has 0 aliphatic rings. The van der Waals surface area contributed by atoms with Gasteiger partial charge in [-0.05, 0) is 31.4 Å². The highest BCUT2D eigenvalue weighted by Crippen LogP contribution is 2.28. The number of amides is 2. The molecule has 0 unspecified atom stereocenters. The summed E-state index contributed by atoms with van der Waals surface area (Å²) in [5.74, 6) is 0.454. The molecule has 1 aromatic rings. The molecular weight excluding hydrogens is 316 g/mol. The van der Waals surface area contributed by atoms with Crippen molar-refractivity contribution in [2.45, 2.75) is 17.9 Å². The Morgan fingerprint density at radius 3 is 2.70 bits per heavy atom. The molecule has 2 atom stereocenters. The number of nitrogens with zero attached hydrogens (tertiary/aromatic N) is 1. The molecule has 1 rings (SSSR count). The van der Waals surface area contributed by atoms with Crippen LogP contribution in [0.3, 0.4) is 0 Å². The Kier molecular flexibility index (Phi) is 6.85. The van der Waals surface area contributed by atoms with E-state index in [1.54, 1.807) is 31.1 Å². The number of halogens is 1. The van der Waals surface area contributed by atoms with E-state index in [-0.39, 0.29) is 12.1 Å². The molecule has 2 amide bonds. The van der Waals surface area contributed by atoms with Gasteiger partial charge in [-0.3, -0.25) is 4.21 Å². The van der Waals surface area contributed by atoms with Gasteiger partial charge < -0.3 is 10.2 Å². The number of anilines is 1. The van der Waals surface area contributed by atoms with Gasteiger partial charge in [0.25, 0.3) is 0 Å². The number of hydrogen-bond donors (Lipinski definition) is 1. The van der Waals surface area contributed by atoms with Crippen molar-refractivity contribution >= 4 is 45.9 Å². The summed E-state index contributed by atoms with van der Waals surface area (Å²) in [5, 5.41) is 3.39. The molecule has 0 aliphatic carbocycles. The van der Waals surface area contributed by atoms with Gasteiger partial charge in [0.05, 0.1) is 5.02 Å². The summed E-state index contributed by atoms with van der Waals surface area (Å²) in [6, 6.07) is 5.07. The van der Waals surface area contributed by atoms with E-state index in [2.05, 4.69) is 5.32 Å². The molecule has 20 heavy (non-hydrogen) atoms. The molecule has 0 spiro atoms. The Bertz CT molecular complexity index is 511. The molecule has 0 saturated heterocycles. The van der Waals surface area contributed by atoms with Crippen molar-refractivity contribution in [2.75, 3.05) is 30.6 Å².